The molecule has 0 bridgehead atoms. The molecule has 1 aliphatic rings. The van der Waals surface area contributed by atoms with Crippen LogP contribution in [0.4, 0.5) is 0 Å². The second-order valence-electron chi connectivity index (χ2n) is 5.83. The molecule has 1 aromatic carbocycles. The van der Waals surface area contributed by atoms with E-state index in [-0.39, 0.29) is 30.2 Å². The van der Waals surface area contributed by atoms with Crippen molar-refractivity contribution in [3.05, 3.63) is 41.5 Å². The van der Waals surface area contributed by atoms with Crippen molar-refractivity contribution in [3.63, 3.8) is 0 Å². The summed E-state index contributed by atoms with van der Waals surface area (Å²) in [5, 5.41) is 19.2. The van der Waals surface area contributed by atoms with Crippen LogP contribution in [0.1, 0.15) is 19.4 Å². The van der Waals surface area contributed by atoms with Gasteiger partial charge in [-0.2, -0.15) is 10.5 Å². The Hall–Kier alpha value is -3.65. The standard InChI is InChI=1S/C20H20N4O4/c1-3-27-19(25)14(11-22)17-16(20(26)28-4-2)15(12-8-6-5-7-9-12)13(10-21)18(23)24-17/h5-9,13-14,17H,3-4H2,1-2H3,(H2,23,24). The minimum Gasteiger partial charge on any atom is -0.465 e. The first-order valence-electron chi connectivity index (χ1n) is 8.75. The zero-order valence-electron chi connectivity index (χ0n) is 15.6. The second kappa shape index (κ2) is 9.33. The number of nitriles is 2. The van der Waals surface area contributed by atoms with Crippen LogP contribution < -0.4 is 5.73 Å². The number of amidine groups is 1. The minimum atomic E-state index is -1.41. The number of nitrogens with zero attached hydrogens (tertiary/aromatic N) is 3. The smallest absolute Gasteiger partial charge is 0.336 e. The third-order valence-electron chi connectivity index (χ3n) is 4.16. The van der Waals surface area contributed by atoms with E-state index >= 15 is 0 Å². The molecule has 2 rings (SSSR count). The molecule has 144 valence electrons. The van der Waals surface area contributed by atoms with Crippen LogP contribution in [-0.4, -0.2) is 37.0 Å². The Morgan fingerprint density at radius 2 is 1.82 bits per heavy atom. The van der Waals surface area contributed by atoms with Gasteiger partial charge in [0.2, 0.25) is 0 Å². The second-order valence-corrected chi connectivity index (χ2v) is 5.83. The third-order valence-corrected chi connectivity index (χ3v) is 4.16. The molecule has 1 aromatic rings. The Morgan fingerprint density at radius 1 is 1.18 bits per heavy atom. The SMILES string of the molecule is CCOC(=O)C1=C(c2ccccc2)C(C#N)C(N)=NC1C(C#N)C(=O)OCC. The van der Waals surface area contributed by atoms with E-state index < -0.39 is 29.8 Å². The fourth-order valence-electron chi connectivity index (χ4n) is 3.00. The molecular weight excluding hydrogens is 360 g/mol. The normalized spacial score (nSPS) is 19.6. The van der Waals surface area contributed by atoms with Gasteiger partial charge < -0.3 is 15.2 Å². The van der Waals surface area contributed by atoms with Gasteiger partial charge in [-0.05, 0) is 25.0 Å². The van der Waals surface area contributed by atoms with Crippen molar-refractivity contribution >= 4 is 23.3 Å². The molecule has 2 N–H and O–H groups in total. The Kier molecular flexibility index (Phi) is 6.89. The molecule has 8 nitrogen and oxygen atoms in total. The largest absolute Gasteiger partial charge is 0.465 e. The molecule has 0 amide bonds. The molecule has 28 heavy (non-hydrogen) atoms. The highest BCUT2D eigenvalue weighted by atomic mass is 16.5. The molecule has 3 unspecified atom stereocenters. The highest BCUT2D eigenvalue weighted by molar-refractivity contribution is 6.09. The molecular formula is C20H20N4O4. The van der Waals surface area contributed by atoms with E-state index in [1.54, 1.807) is 44.2 Å². The monoisotopic (exact) mass is 380 g/mol. The zero-order chi connectivity index (χ0) is 20.7. The number of rotatable bonds is 6. The average Bonchev–Trinajstić information content (AvgIpc) is 2.69. The summed E-state index contributed by atoms with van der Waals surface area (Å²) in [6, 6.07) is 11.3. The van der Waals surface area contributed by atoms with Gasteiger partial charge in [-0.25, -0.2) is 4.79 Å². The number of hydrogen-bond acceptors (Lipinski definition) is 8. The Balaban J connectivity index is 2.76. The molecule has 0 saturated heterocycles. The lowest BCUT2D eigenvalue weighted by Crippen LogP contribution is -2.40. The minimum absolute atomic E-state index is 0.0339. The first kappa shape index (κ1) is 20.7. The van der Waals surface area contributed by atoms with E-state index in [4.69, 9.17) is 15.2 Å². The summed E-state index contributed by atoms with van der Waals surface area (Å²) in [4.78, 5) is 29.3. The van der Waals surface area contributed by atoms with Crippen molar-refractivity contribution in [1.82, 2.24) is 0 Å². The molecule has 8 heteroatoms. The predicted octanol–water partition coefficient (Wildman–Crippen LogP) is 1.59. The summed E-state index contributed by atoms with van der Waals surface area (Å²) in [5.74, 6) is -4.08. The Bertz CT molecular complexity index is 893. The van der Waals surface area contributed by atoms with E-state index in [0.29, 0.717) is 5.56 Å². The first-order chi connectivity index (χ1) is 13.5. The summed E-state index contributed by atoms with van der Waals surface area (Å²) in [6.07, 6.45) is 0. The van der Waals surface area contributed by atoms with Gasteiger partial charge in [-0.3, -0.25) is 9.79 Å². The van der Waals surface area contributed by atoms with Gasteiger partial charge in [0.15, 0.2) is 5.92 Å². The highest BCUT2D eigenvalue weighted by Gasteiger charge is 2.43. The van der Waals surface area contributed by atoms with E-state index in [2.05, 4.69) is 4.99 Å². The lowest BCUT2D eigenvalue weighted by Gasteiger charge is -2.29. The lowest BCUT2D eigenvalue weighted by atomic mass is 9.80. The van der Waals surface area contributed by atoms with Gasteiger partial charge in [-0.1, -0.05) is 30.3 Å². The van der Waals surface area contributed by atoms with Gasteiger partial charge in [0.1, 0.15) is 17.8 Å². The van der Waals surface area contributed by atoms with Crippen LogP contribution in [-0.2, 0) is 19.1 Å². The molecule has 1 aliphatic heterocycles. The van der Waals surface area contributed by atoms with Gasteiger partial charge >= 0.3 is 11.9 Å². The fraction of sp³-hybridized carbons (Fsp3) is 0.350. The summed E-state index contributed by atoms with van der Waals surface area (Å²) in [5.41, 5.74) is 6.79. The van der Waals surface area contributed by atoms with Gasteiger partial charge in [-0.15, -0.1) is 0 Å². The molecule has 1 heterocycles. The number of dihydropyridines is 1. The number of aliphatic imine (C=N–C) groups is 1. The number of carbonyl (C=O) groups is 2. The molecule has 0 radical (unpaired) electrons. The number of carbonyl (C=O) groups excluding carboxylic acids is 2. The van der Waals surface area contributed by atoms with Crippen molar-refractivity contribution in [2.45, 2.75) is 19.9 Å². The van der Waals surface area contributed by atoms with Crippen LogP contribution in [0.5, 0.6) is 0 Å². The summed E-state index contributed by atoms with van der Waals surface area (Å²) >= 11 is 0. The van der Waals surface area contributed by atoms with Crippen molar-refractivity contribution in [3.8, 4) is 12.1 Å². The van der Waals surface area contributed by atoms with Crippen LogP contribution in [0.3, 0.4) is 0 Å². The van der Waals surface area contributed by atoms with E-state index in [1.165, 1.54) is 0 Å². The van der Waals surface area contributed by atoms with Crippen molar-refractivity contribution in [1.29, 1.82) is 10.5 Å². The maximum atomic E-state index is 12.8. The van der Waals surface area contributed by atoms with Gasteiger partial charge in [0, 0.05) is 0 Å². The number of benzene rings is 1. The van der Waals surface area contributed by atoms with Crippen LogP contribution in [0.2, 0.25) is 0 Å². The van der Waals surface area contributed by atoms with Crippen molar-refractivity contribution in [2.75, 3.05) is 13.2 Å². The van der Waals surface area contributed by atoms with Crippen LogP contribution >= 0.6 is 0 Å². The molecule has 0 saturated carbocycles. The lowest BCUT2D eigenvalue weighted by molar-refractivity contribution is -0.146. The average molecular weight is 380 g/mol. The van der Waals surface area contributed by atoms with Crippen LogP contribution in [0, 0.1) is 34.5 Å². The Labute approximate surface area is 162 Å². The molecule has 0 aliphatic carbocycles. The van der Waals surface area contributed by atoms with Crippen LogP contribution in [0.15, 0.2) is 40.9 Å². The van der Waals surface area contributed by atoms with E-state index in [9.17, 15) is 20.1 Å². The highest BCUT2D eigenvalue weighted by Crippen LogP contribution is 2.36. The fourth-order valence-corrected chi connectivity index (χ4v) is 3.00. The maximum Gasteiger partial charge on any atom is 0.336 e. The summed E-state index contributed by atoms with van der Waals surface area (Å²) < 4.78 is 10.1. The molecule has 0 spiro atoms. The van der Waals surface area contributed by atoms with Crippen molar-refractivity contribution in [2.24, 2.45) is 22.6 Å². The number of esters is 2. The summed E-state index contributed by atoms with van der Waals surface area (Å²) in [7, 11) is 0. The molecule has 0 fully saturated rings. The van der Waals surface area contributed by atoms with Gasteiger partial charge in [0.25, 0.3) is 0 Å². The molecule has 0 aromatic heterocycles. The number of ether oxygens (including phenoxy) is 2. The van der Waals surface area contributed by atoms with Gasteiger partial charge in [0.05, 0.1) is 30.9 Å². The zero-order valence-corrected chi connectivity index (χ0v) is 15.6. The topological polar surface area (TPSA) is 139 Å². The van der Waals surface area contributed by atoms with E-state index in [0.717, 1.165) is 0 Å². The number of hydrogen-bond donors (Lipinski definition) is 1. The van der Waals surface area contributed by atoms with Crippen molar-refractivity contribution < 1.29 is 19.1 Å². The Morgan fingerprint density at radius 3 is 2.36 bits per heavy atom. The van der Waals surface area contributed by atoms with Crippen LogP contribution in [0.25, 0.3) is 5.57 Å². The first-order valence-corrected chi connectivity index (χ1v) is 8.75. The molecule has 3 atom stereocenters. The third kappa shape index (κ3) is 4.02. The number of nitrogens with two attached hydrogens (primary N) is 1. The van der Waals surface area contributed by atoms with E-state index in [1.807, 2.05) is 12.1 Å². The predicted molar refractivity (Wildman–Crippen MR) is 100 cm³/mol. The maximum absolute atomic E-state index is 12.8. The quantitative estimate of drug-likeness (QED) is 0.739. The summed E-state index contributed by atoms with van der Waals surface area (Å²) in [6.45, 7) is 3.37.